The van der Waals surface area contributed by atoms with Gasteiger partial charge in [0.25, 0.3) is 5.91 Å². The molecular weight excluding hydrogens is 488 g/mol. The van der Waals surface area contributed by atoms with Crippen molar-refractivity contribution in [3.63, 3.8) is 0 Å². The third-order valence-electron chi connectivity index (χ3n) is 8.12. The second kappa shape index (κ2) is 10.5. The normalized spacial score (nSPS) is 12.7. The Morgan fingerprint density at radius 3 is 1.72 bits per heavy atom. The van der Waals surface area contributed by atoms with Crippen molar-refractivity contribution in [1.82, 2.24) is 10.6 Å². The molecule has 6 nitrogen and oxygen atoms in total. The molecule has 0 aliphatic carbocycles. The highest BCUT2D eigenvalue weighted by atomic mass is 16.6. The Morgan fingerprint density at radius 2 is 1.18 bits per heavy atom. The third kappa shape index (κ3) is 5.05. The molecule has 0 fully saturated rings. The van der Waals surface area contributed by atoms with Gasteiger partial charge in [0, 0.05) is 5.56 Å². The first kappa shape index (κ1) is 28.3. The molecule has 0 aliphatic rings. The molecule has 6 heteroatoms. The molecule has 0 bridgehead atoms. The number of rotatable bonds is 9. The maximum atomic E-state index is 13.9. The van der Waals surface area contributed by atoms with Crippen LogP contribution in [0, 0.1) is 0 Å². The molecule has 0 heterocycles. The Labute approximate surface area is 230 Å². The van der Waals surface area contributed by atoms with Crippen molar-refractivity contribution in [1.29, 1.82) is 0 Å². The molecule has 2 N–H and O–H groups in total. The van der Waals surface area contributed by atoms with Gasteiger partial charge in [-0.15, -0.1) is 0 Å². The van der Waals surface area contributed by atoms with Gasteiger partial charge >= 0.3 is 5.97 Å². The molecule has 206 valence electrons. The quantitative estimate of drug-likeness (QED) is 0.183. The summed E-state index contributed by atoms with van der Waals surface area (Å²) < 4.78 is 5.68. The standard InChI is InChI=1S/C33H40N2O4/c1-8-32(9-2,29(37)35-33(10-3,11-4)30(38)39-31(5,6)7)34-28(36)25-20-18-23-16-15-21-13-12-14-22-17-19-24(25)27(23)26(21)22/h12-20H,8-11H2,1-7H3,(H,34,36)(H,35,37). The zero-order chi connectivity index (χ0) is 28.6. The largest absolute Gasteiger partial charge is 0.458 e. The van der Waals surface area contributed by atoms with Crippen LogP contribution in [0.2, 0.25) is 0 Å². The van der Waals surface area contributed by atoms with Crippen LogP contribution in [-0.2, 0) is 14.3 Å². The van der Waals surface area contributed by atoms with E-state index in [2.05, 4.69) is 34.9 Å². The lowest BCUT2D eigenvalue weighted by Crippen LogP contribution is -2.65. The highest BCUT2D eigenvalue weighted by Crippen LogP contribution is 2.36. The molecule has 4 aromatic rings. The number of nitrogens with one attached hydrogen (secondary N) is 2. The fraction of sp³-hybridized carbons (Fsp3) is 0.424. The van der Waals surface area contributed by atoms with Gasteiger partial charge < -0.3 is 15.4 Å². The molecule has 4 rings (SSSR count). The minimum absolute atomic E-state index is 0.317. The summed E-state index contributed by atoms with van der Waals surface area (Å²) in [7, 11) is 0. The molecule has 0 aromatic heterocycles. The minimum Gasteiger partial charge on any atom is -0.458 e. The van der Waals surface area contributed by atoms with Crippen molar-refractivity contribution in [2.24, 2.45) is 0 Å². The molecule has 0 saturated carbocycles. The lowest BCUT2D eigenvalue weighted by molar-refractivity contribution is -0.165. The van der Waals surface area contributed by atoms with Crippen LogP contribution in [0.25, 0.3) is 32.3 Å². The number of hydrogen-bond acceptors (Lipinski definition) is 4. The lowest BCUT2D eigenvalue weighted by atomic mass is 9.86. The Morgan fingerprint density at radius 1 is 0.667 bits per heavy atom. The zero-order valence-electron chi connectivity index (χ0n) is 24.2. The van der Waals surface area contributed by atoms with E-state index < -0.39 is 22.6 Å². The SMILES string of the molecule is CCC(CC)(NC(=O)c1ccc2ccc3cccc4ccc1c2c34)C(=O)NC(CC)(CC)C(=O)OC(C)(C)C. The highest BCUT2D eigenvalue weighted by Gasteiger charge is 2.45. The maximum Gasteiger partial charge on any atom is 0.332 e. The van der Waals surface area contributed by atoms with Gasteiger partial charge in [-0.05, 0) is 84.8 Å². The summed E-state index contributed by atoms with van der Waals surface area (Å²) in [5.41, 5.74) is -2.55. The van der Waals surface area contributed by atoms with Gasteiger partial charge in [-0.25, -0.2) is 4.79 Å². The van der Waals surface area contributed by atoms with E-state index >= 15 is 0 Å². The van der Waals surface area contributed by atoms with Crippen LogP contribution < -0.4 is 10.6 Å². The van der Waals surface area contributed by atoms with Gasteiger partial charge in [-0.3, -0.25) is 9.59 Å². The topological polar surface area (TPSA) is 84.5 Å². The van der Waals surface area contributed by atoms with Crippen LogP contribution in [0.15, 0.2) is 54.6 Å². The predicted octanol–water partition coefficient (Wildman–Crippen LogP) is 6.89. The number of hydrogen-bond donors (Lipinski definition) is 2. The van der Waals surface area contributed by atoms with E-state index in [0.29, 0.717) is 31.2 Å². The highest BCUT2D eigenvalue weighted by molar-refractivity contribution is 6.26. The van der Waals surface area contributed by atoms with E-state index in [1.165, 1.54) is 0 Å². The van der Waals surface area contributed by atoms with Crippen molar-refractivity contribution in [3.8, 4) is 0 Å². The molecule has 4 aromatic carbocycles. The van der Waals surface area contributed by atoms with E-state index in [1.54, 1.807) is 0 Å². The summed E-state index contributed by atoms with van der Waals surface area (Å²) >= 11 is 0. The van der Waals surface area contributed by atoms with Crippen molar-refractivity contribution < 1.29 is 19.1 Å². The second-order valence-corrected chi connectivity index (χ2v) is 11.5. The second-order valence-electron chi connectivity index (χ2n) is 11.5. The lowest BCUT2D eigenvalue weighted by Gasteiger charge is -2.38. The number of amides is 2. The van der Waals surface area contributed by atoms with E-state index in [0.717, 1.165) is 32.3 Å². The van der Waals surface area contributed by atoms with Crippen LogP contribution in [0.5, 0.6) is 0 Å². The van der Waals surface area contributed by atoms with Crippen LogP contribution in [0.4, 0.5) is 0 Å². The van der Waals surface area contributed by atoms with E-state index in [1.807, 2.05) is 78.8 Å². The molecule has 2 amide bonds. The summed E-state index contributed by atoms with van der Waals surface area (Å²) in [6.45, 7) is 12.9. The summed E-state index contributed by atoms with van der Waals surface area (Å²) in [4.78, 5) is 41.0. The molecule has 0 unspecified atom stereocenters. The monoisotopic (exact) mass is 528 g/mol. The smallest absolute Gasteiger partial charge is 0.332 e. The molecule has 0 radical (unpaired) electrons. The first-order chi connectivity index (χ1) is 18.4. The van der Waals surface area contributed by atoms with Crippen LogP contribution in [-0.4, -0.2) is 34.5 Å². The fourth-order valence-corrected chi connectivity index (χ4v) is 5.50. The average molecular weight is 529 g/mol. The average Bonchev–Trinajstić information content (AvgIpc) is 2.92. The van der Waals surface area contributed by atoms with Crippen LogP contribution >= 0.6 is 0 Å². The Hall–Kier alpha value is -3.67. The number of benzene rings is 4. The third-order valence-corrected chi connectivity index (χ3v) is 8.12. The Kier molecular flexibility index (Phi) is 7.61. The van der Waals surface area contributed by atoms with Crippen molar-refractivity contribution in [3.05, 3.63) is 60.2 Å². The molecular formula is C33H40N2O4. The molecule has 39 heavy (non-hydrogen) atoms. The fourth-order valence-electron chi connectivity index (χ4n) is 5.50. The first-order valence-electron chi connectivity index (χ1n) is 14.0. The predicted molar refractivity (Wildman–Crippen MR) is 158 cm³/mol. The van der Waals surface area contributed by atoms with Gasteiger partial charge in [0.2, 0.25) is 5.91 Å². The summed E-state index contributed by atoms with van der Waals surface area (Å²) in [5, 5.41) is 12.4. The Balaban J connectivity index is 1.71. The first-order valence-corrected chi connectivity index (χ1v) is 14.0. The number of carbonyl (C=O) groups is 3. The van der Waals surface area contributed by atoms with Crippen molar-refractivity contribution in [2.75, 3.05) is 0 Å². The van der Waals surface area contributed by atoms with E-state index in [4.69, 9.17) is 4.74 Å². The van der Waals surface area contributed by atoms with E-state index in [-0.39, 0.29) is 11.8 Å². The number of ether oxygens (including phenoxy) is 1. The Bertz CT molecular complexity index is 1510. The zero-order valence-corrected chi connectivity index (χ0v) is 24.2. The maximum absolute atomic E-state index is 13.9. The number of carbonyl (C=O) groups excluding carboxylic acids is 3. The van der Waals surface area contributed by atoms with Gasteiger partial charge in [-0.1, -0.05) is 76.2 Å². The summed E-state index contributed by atoms with van der Waals surface area (Å²) in [5.74, 6) is -1.16. The molecule has 0 saturated heterocycles. The van der Waals surface area contributed by atoms with Crippen LogP contribution in [0.1, 0.15) is 84.5 Å². The molecule has 0 atom stereocenters. The summed E-state index contributed by atoms with van der Waals surface area (Å²) in [6.07, 6.45) is 1.47. The van der Waals surface area contributed by atoms with E-state index in [9.17, 15) is 14.4 Å². The van der Waals surface area contributed by atoms with Crippen molar-refractivity contribution >= 4 is 50.1 Å². The van der Waals surface area contributed by atoms with Gasteiger partial charge in [0.15, 0.2) is 0 Å². The molecule has 0 spiro atoms. The van der Waals surface area contributed by atoms with Gasteiger partial charge in [0.1, 0.15) is 16.7 Å². The van der Waals surface area contributed by atoms with Crippen LogP contribution in [0.3, 0.4) is 0 Å². The minimum atomic E-state index is -1.20. The molecule has 0 aliphatic heterocycles. The van der Waals surface area contributed by atoms with Gasteiger partial charge in [0.05, 0.1) is 0 Å². The van der Waals surface area contributed by atoms with Crippen molar-refractivity contribution in [2.45, 2.75) is 90.8 Å². The summed E-state index contributed by atoms with van der Waals surface area (Å²) in [6, 6.07) is 18.2. The number of esters is 1. The van der Waals surface area contributed by atoms with Gasteiger partial charge in [-0.2, -0.15) is 0 Å².